The molecule has 142 valence electrons. The molecule has 7 aromatic rings. The summed E-state index contributed by atoms with van der Waals surface area (Å²) < 4.78 is 10.2. The van der Waals surface area contributed by atoms with Crippen molar-refractivity contribution in [2.45, 2.75) is 6.92 Å². The van der Waals surface area contributed by atoms with Crippen molar-refractivity contribution < 1.29 is 4.42 Å². The Morgan fingerprint density at radius 3 is 2.23 bits per heavy atom. The molecule has 0 N–H and O–H groups in total. The van der Waals surface area contributed by atoms with Gasteiger partial charge >= 0.3 is 0 Å². The van der Waals surface area contributed by atoms with Crippen LogP contribution in [0.2, 0.25) is 0 Å². The van der Waals surface area contributed by atoms with E-state index in [2.05, 4.69) is 32.2 Å². The average Bonchev–Trinajstić information content (AvgIpc) is 3.41. The van der Waals surface area contributed by atoms with Crippen LogP contribution in [-0.2, 0) is 0 Å². The number of benzene rings is 2. The van der Waals surface area contributed by atoms with Crippen LogP contribution in [0.4, 0.5) is 0 Å². The van der Waals surface area contributed by atoms with Gasteiger partial charge in [-0.3, -0.25) is 8.97 Å². The van der Waals surface area contributed by atoms with E-state index in [1.165, 1.54) is 0 Å². The van der Waals surface area contributed by atoms with Gasteiger partial charge in [-0.1, -0.05) is 24.3 Å². The van der Waals surface area contributed by atoms with Gasteiger partial charge in [-0.25, -0.2) is 15.0 Å². The molecule has 0 spiro atoms. The highest BCUT2D eigenvalue weighted by Crippen LogP contribution is 2.31. The normalized spacial score (nSPS) is 12.2. The van der Waals surface area contributed by atoms with Crippen LogP contribution in [0.15, 0.2) is 77.2 Å². The summed E-state index contributed by atoms with van der Waals surface area (Å²) >= 11 is 0. The lowest BCUT2D eigenvalue weighted by Crippen LogP contribution is -1.98. The molecule has 0 aliphatic rings. The molecule has 0 unspecified atom stereocenters. The lowest BCUT2D eigenvalue weighted by atomic mass is 10.3. The standard InChI is InChI=1S/C24H15N5O/c1-14-10-11-19-22(25-14)23-20(30-19)12-13-21(27-23)29-18-9-5-4-8-17(18)28-16-7-3-2-6-15(16)26-24(28)29/h2-13H,1H3. The maximum Gasteiger partial charge on any atom is 0.221 e. The third-order valence-electron chi connectivity index (χ3n) is 5.62. The second-order valence-corrected chi connectivity index (χ2v) is 7.48. The van der Waals surface area contributed by atoms with Gasteiger partial charge in [0.05, 0.1) is 22.1 Å². The number of pyridine rings is 2. The van der Waals surface area contributed by atoms with E-state index >= 15 is 0 Å². The van der Waals surface area contributed by atoms with Crippen molar-refractivity contribution in [2.75, 3.05) is 0 Å². The van der Waals surface area contributed by atoms with E-state index in [9.17, 15) is 0 Å². The van der Waals surface area contributed by atoms with Crippen LogP contribution in [0.3, 0.4) is 0 Å². The molecule has 0 fully saturated rings. The molecule has 0 amide bonds. The molecule has 0 atom stereocenters. The predicted molar refractivity (Wildman–Crippen MR) is 117 cm³/mol. The van der Waals surface area contributed by atoms with Crippen LogP contribution in [-0.4, -0.2) is 23.9 Å². The van der Waals surface area contributed by atoms with E-state index in [1.54, 1.807) is 0 Å². The Labute approximate surface area is 170 Å². The first-order valence-electron chi connectivity index (χ1n) is 9.82. The number of hydrogen-bond donors (Lipinski definition) is 0. The van der Waals surface area contributed by atoms with Crippen molar-refractivity contribution in [1.29, 1.82) is 0 Å². The predicted octanol–water partition coefficient (Wildman–Crippen LogP) is 5.43. The fourth-order valence-corrected chi connectivity index (χ4v) is 4.30. The highest BCUT2D eigenvalue weighted by Gasteiger charge is 2.19. The topological polar surface area (TPSA) is 61.2 Å². The number of aryl methyl sites for hydroxylation is 1. The van der Waals surface area contributed by atoms with Gasteiger partial charge in [-0.15, -0.1) is 0 Å². The van der Waals surface area contributed by atoms with Crippen LogP contribution in [0, 0.1) is 6.92 Å². The molecule has 5 aromatic heterocycles. The van der Waals surface area contributed by atoms with Crippen molar-refractivity contribution >= 4 is 50.0 Å². The molecule has 0 aliphatic carbocycles. The molecule has 2 aromatic carbocycles. The molecule has 30 heavy (non-hydrogen) atoms. The molecule has 7 rings (SSSR count). The largest absolute Gasteiger partial charge is 0.453 e. The van der Waals surface area contributed by atoms with E-state index in [0.717, 1.165) is 61.6 Å². The quantitative estimate of drug-likeness (QED) is 0.376. The second-order valence-electron chi connectivity index (χ2n) is 7.48. The molecular weight excluding hydrogens is 374 g/mol. The smallest absolute Gasteiger partial charge is 0.221 e. The van der Waals surface area contributed by atoms with Crippen molar-refractivity contribution in [1.82, 2.24) is 23.9 Å². The van der Waals surface area contributed by atoms with Gasteiger partial charge in [-0.05, 0) is 55.5 Å². The van der Waals surface area contributed by atoms with E-state index in [1.807, 2.05) is 61.5 Å². The summed E-state index contributed by atoms with van der Waals surface area (Å²) in [7, 11) is 0. The van der Waals surface area contributed by atoms with Crippen molar-refractivity contribution in [2.24, 2.45) is 0 Å². The lowest BCUT2D eigenvalue weighted by molar-refractivity contribution is 0.667. The maximum absolute atomic E-state index is 5.95. The average molecular weight is 389 g/mol. The fourth-order valence-electron chi connectivity index (χ4n) is 4.30. The third kappa shape index (κ3) is 1.94. The van der Waals surface area contributed by atoms with Gasteiger partial charge in [-0.2, -0.15) is 0 Å². The molecule has 6 heteroatoms. The summed E-state index contributed by atoms with van der Waals surface area (Å²) in [5.74, 6) is 1.62. The van der Waals surface area contributed by atoms with Gasteiger partial charge in [0.15, 0.2) is 11.2 Å². The van der Waals surface area contributed by atoms with Gasteiger partial charge in [0.25, 0.3) is 0 Å². The van der Waals surface area contributed by atoms with E-state index in [4.69, 9.17) is 14.4 Å². The minimum atomic E-state index is 0.729. The summed E-state index contributed by atoms with van der Waals surface area (Å²) in [5.41, 5.74) is 8.14. The Balaban J connectivity index is 1.63. The molecule has 6 nitrogen and oxygen atoms in total. The number of aromatic nitrogens is 5. The summed E-state index contributed by atoms with van der Waals surface area (Å²) in [6, 6.07) is 24.3. The Morgan fingerprint density at radius 2 is 1.37 bits per heavy atom. The van der Waals surface area contributed by atoms with Crippen LogP contribution in [0.25, 0.3) is 55.9 Å². The zero-order valence-corrected chi connectivity index (χ0v) is 16.1. The van der Waals surface area contributed by atoms with Crippen LogP contribution in [0.1, 0.15) is 5.69 Å². The van der Waals surface area contributed by atoms with Crippen molar-refractivity contribution in [3.63, 3.8) is 0 Å². The summed E-state index contributed by atoms with van der Waals surface area (Å²) in [4.78, 5) is 14.5. The number of para-hydroxylation sites is 4. The Hall–Kier alpha value is -4.19. The Kier molecular flexibility index (Phi) is 2.85. The van der Waals surface area contributed by atoms with Gasteiger partial charge in [0.1, 0.15) is 16.9 Å². The van der Waals surface area contributed by atoms with Crippen molar-refractivity contribution in [3.8, 4) is 5.82 Å². The molecule has 0 bridgehead atoms. The number of imidazole rings is 2. The van der Waals surface area contributed by atoms with Crippen LogP contribution < -0.4 is 0 Å². The highest BCUT2D eigenvalue weighted by molar-refractivity contribution is 6.00. The van der Waals surface area contributed by atoms with E-state index in [0.29, 0.717) is 0 Å². The SMILES string of the molecule is Cc1ccc2oc3ccc(-n4c5ccccc5n5c6ccccc6nc45)nc3c2n1. The number of rotatable bonds is 1. The van der Waals surface area contributed by atoms with Gasteiger partial charge in [0, 0.05) is 5.69 Å². The zero-order valence-electron chi connectivity index (χ0n) is 16.1. The first kappa shape index (κ1) is 15.7. The monoisotopic (exact) mass is 389 g/mol. The van der Waals surface area contributed by atoms with Crippen LogP contribution >= 0.6 is 0 Å². The Bertz CT molecular complexity index is 1770. The molecule has 5 heterocycles. The van der Waals surface area contributed by atoms with Crippen LogP contribution in [0.5, 0.6) is 0 Å². The molecular formula is C24H15N5O. The highest BCUT2D eigenvalue weighted by atomic mass is 16.3. The minimum absolute atomic E-state index is 0.729. The zero-order chi connectivity index (χ0) is 19.8. The Morgan fingerprint density at radius 1 is 0.667 bits per heavy atom. The van der Waals surface area contributed by atoms with Crippen molar-refractivity contribution in [3.05, 3.63) is 78.5 Å². The summed E-state index contributed by atoms with van der Waals surface area (Å²) in [6.07, 6.45) is 0. The first-order valence-corrected chi connectivity index (χ1v) is 9.82. The summed E-state index contributed by atoms with van der Waals surface area (Å²) in [5, 5.41) is 0. The second kappa shape index (κ2) is 5.45. The number of furan rings is 1. The van der Waals surface area contributed by atoms with Gasteiger partial charge < -0.3 is 4.42 Å². The minimum Gasteiger partial charge on any atom is -0.453 e. The van der Waals surface area contributed by atoms with E-state index in [-0.39, 0.29) is 0 Å². The molecule has 0 saturated carbocycles. The van der Waals surface area contributed by atoms with Gasteiger partial charge in [0.2, 0.25) is 5.78 Å². The number of fused-ring (bicyclic) bond motifs is 8. The molecule has 0 saturated heterocycles. The molecule has 0 aliphatic heterocycles. The lowest BCUT2D eigenvalue weighted by Gasteiger charge is -2.04. The summed E-state index contributed by atoms with van der Waals surface area (Å²) in [6.45, 7) is 1.97. The maximum atomic E-state index is 5.95. The van der Waals surface area contributed by atoms with E-state index < -0.39 is 0 Å². The first-order chi connectivity index (χ1) is 14.8. The molecule has 0 radical (unpaired) electrons. The third-order valence-corrected chi connectivity index (χ3v) is 5.62. The number of nitrogens with zero attached hydrogens (tertiary/aromatic N) is 5. The fraction of sp³-hybridized carbons (Fsp3) is 0.0417. The number of hydrogen-bond acceptors (Lipinski definition) is 4.